The van der Waals surface area contributed by atoms with Crippen molar-refractivity contribution in [3.8, 4) is 0 Å². The third kappa shape index (κ3) is 3.63. The first kappa shape index (κ1) is 11.0. The van der Waals surface area contributed by atoms with E-state index >= 15 is 0 Å². The summed E-state index contributed by atoms with van der Waals surface area (Å²) >= 11 is 0. The summed E-state index contributed by atoms with van der Waals surface area (Å²) in [5.41, 5.74) is 0. The number of aliphatic hydroxyl groups is 1. The van der Waals surface area contributed by atoms with Crippen LogP contribution in [0.25, 0.3) is 0 Å². The molecule has 0 saturated carbocycles. The molecule has 0 aromatic heterocycles. The molecule has 1 aliphatic rings. The van der Waals surface area contributed by atoms with Crippen LogP contribution in [0.3, 0.4) is 0 Å². The lowest BCUT2D eigenvalue weighted by molar-refractivity contribution is -0.0625. The maximum absolute atomic E-state index is 8.88. The van der Waals surface area contributed by atoms with Crippen LogP contribution >= 0.6 is 0 Å². The molecule has 3 nitrogen and oxygen atoms in total. The smallest absolute Gasteiger partial charge is 0.158 e. The predicted octanol–water partition coefficient (Wildman–Crippen LogP) is 1.40. The molecule has 0 radical (unpaired) electrons. The molecule has 1 atom stereocenters. The van der Waals surface area contributed by atoms with Gasteiger partial charge in [0.25, 0.3) is 0 Å². The van der Waals surface area contributed by atoms with Gasteiger partial charge < -0.3 is 14.6 Å². The summed E-state index contributed by atoms with van der Waals surface area (Å²) in [6.45, 7) is 6.04. The zero-order chi connectivity index (χ0) is 9.68. The van der Waals surface area contributed by atoms with Crippen molar-refractivity contribution in [2.45, 2.75) is 33.0 Å². The third-order valence-corrected chi connectivity index (χ3v) is 2.63. The van der Waals surface area contributed by atoms with Crippen LogP contribution in [0.1, 0.15) is 26.7 Å². The Labute approximate surface area is 80.0 Å². The van der Waals surface area contributed by atoms with Crippen LogP contribution in [-0.2, 0) is 9.47 Å². The first-order chi connectivity index (χ1) is 6.24. The Morgan fingerprint density at radius 2 is 1.92 bits per heavy atom. The van der Waals surface area contributed by atoms with Crippen molar-refractivity contribution in [2.24, 2.45) is 11.8 Å². The maximum atomic E-state index is 8.88. The van der Waals surface area contributed by atoms with Crippen molar-refractivity contribution in [3.63, 3.8) is 0 Å². The molecule has 1 aliphatic heterocycles. The van der Waals surface area contributed by atoms with Gasteiger partial charge in [0.1, 0.15) is 0 Å². The minimum Gasteiger partial charge on any atom is -0.396 e. The lowest BCUT2D eigenvalue weighted by Crippen LogP contribution is -2.19. The quantitative estimate of drug-likeness (QED) is 0.709. The average molecular weight is 188 g/mol. The first-order valence-corrected chi connectivity index (χ1v) is 5.08. The van der Waals surface area contributed by atoms with E-state index in [-0.39, 0.29) is 12.9 Å². The van der Waals surface area contributed by atoms with E-state index in [1.165, 1.54) is 0 Å². The Bertz CT molecular complexity index is 130. The second kappa shape index (κ2) is 5.58. The van der Waals surface area contributed by atoms with E-state index in [1.807, 2.05) is 0 Å². The lowest BCUT2D eigenvalue weighted by atomic mass is 9.89. The van der Waals surface area contributed by atoms with Gasteiger partial charge in [0.15, 0.2) is 6.29 Å². The van der Waals surface area contributed by atoms with E-state index in [1.54, 1.807) is 0 Å². The fraction of sp³-hybridized carbons (Fsp3) is 1.00. The molecule has 0 bridgehead atoms. The highest BCUT2D eigenvalue weighted by atomic mass is 16.7. The molecule has 0 unspecified atom stereocenters. The van der Waals surface area contributed by atoms with Gasteiger partial charge in [-0.05, 0) is 18.3 Å². The van der Waals surface area contributed by atoms with E-state index in [0.29, 0.717) is 25.0 Å². The highest BCUT2D eigenvalue weighted by Crippen LogP contribution is 2.23. The minimum absolute atomic E-state index is 0.0288. The zero-order valence-corrected chi connectivity index (χ0v) is 8.53. The van der Waals surface area contributed by atoms with E-state index in [4.69, 9.17) is 14.6 Å². The summed E-state index contributed by atoms with van der Waals surface area (Å²) in [5, 5.41) is 8.88. The molecule has 1 saturated heterocycles. The normalized spacial score (nSPS) is 21.2. The maximum Gasteiger partial charge on any atom is 0.158 e. The number of ether oxygens (including phenoxy) is 2. The Morgan fingerprint density at radius 3 is 2.38 bits per heavy atom. The molecule has 0 aromatic carbocycles. The molecule has 0 aliphatic carbocycles. The van der Waals surface area contributed by atoms with Crippen molar-refractivity contribution >= 4 is 0 Å². The molecule has 0 amide bonds. The molecule has 13 heavy (non-hydrogen) atoms. The van der Waals surface area contributed by atoms with Gasteiger partial charge in [0.05, 0.1) is 13.2 Å². The van der Waals surface area contributed by atoms with Gasteiger partial charge >= 0.3 is 0 Å². The van der Waals surface area contributed by atoms with Crippen LogP contribution < -0.4 is 0 Å². The summed E-state index contributed by atoms with van der Waals surface area (Å²) in [6, 6.07) is 0. The monoisotopic (exact) mass is 188 g/mol. The van der Waals surface area contributed by atoms with Gasteiger partial charge in [0.2, 0.25) is 0 Å². The SMILES string of the molecule is CC(C)[C@@H](CCO)CC1OCCO1. The summed E-state index contributed by atoms with van der Waals surface area (Å²) in [4.78, 5) is 0. The van der Waals surface area contributed by atoms with E-state index < -0.39 is 0 Å². The summed E-state index contributed by atoms with van der Waals surface area (Å²) < 4.78 is 10.8. The van der Waals surface area contributed by atoms with Gasteiger partial charge in [-0.15, -0.1) is 0 Å². The molecule has 0 aromatic rings. The van der Waals surface area contributed by atoms with Crippen LogP contribution in [0.4, 0.5) is 0 Å². The highest BCUT2D eigenvalue weighted by molar-refractivity contribution is 4.66. The average Bonchev–Trinajstić information content (AvgIpc) is 2.56. The van der Waals surface area contributed by atoms with Crippen LogP contribution in [0, 0.1) is 11.8 Å². The van der Waals surface area contributed by atoms with Gasteiger partial charge in [-0.1, -0.05) is 13.8 Å². The Morgan fingerprint density at radius 1 is 1.31 bits per heavy atom. The lowest BCUT2D eigenvalue weighted by Gasteiger charge is -2.22. The molecular weight excluding hydrogens is 168 g/mol. The van der Waals surface area contributed by atoms with E-state index in [0.717, 1.165) is 12.8 Å². The van der Waals surface area contributed by atoms with Crippen molar-refractivity contribution in [2.75, 3.05) is 19.8 Å². The van der Waals surface area contributed by atoms with Crippen molar-refractivity contribution < 1.29 is 14.6 Å². The van der Waals surface area contributed by atoms with E-state index in [9.17, 15) is 0 Å². The zero-order valence-electron chi connectivity index (χ0n) is 8.53. The van der Waals surface area contributed by atoms with Crippen molar-refractivity contribution in [3.05, 3.63) is 0 Å². The van der Waals surface area contributed by atoms with Crippen molar-refractivity contribution in [1.29, 1.82) is 0 Å². The topological polar surface area (TPSA) is 38.7 Å². The highest BCUT2D eigenvalue weighted by Gasteiger charge is 2.22. The summed E-state index contributed by atoms with van der Waals surface area (Å²) in [6.07, 6.45) is 1.73. The Balaban J connectivity index is 2.27. The van der Waals surface area contributed by atoms with Gasteiger partial charge in [-0.25, -0.2) is 0 Å². The molecular formula is C10H20O3. The second-order valence-electron chi connectivity index (χ2n) is 3.92. The number of rotatable bonds is 5. The summed E-state index contributed by atoms with van der Waals surface area (Å²) in [5.74, 6) is 1.09. The molecule has 0 spiro atoms. The first-order valence-electron chi connectivity index (χ1n) is 5.08. The van der Waals surface area contributed by atoms with Crippen LogP contribution in [0.15, 0.2) is 0 Å². The number of hydrogen-bond donors (Lipinski definition) is 1. The summed E-state index contributed by atoms with van der Waals surface area (Å²) in [7, 11) is 0. The molecule has 3 heteroatoms. The number of hydrogen-bond acceptors (Lipinski definition) is 3. The van der Waals surface area contributed by atoms with Gasteiger partial charge in [-0.3, -0.25) is 0 Å². The van der Waals surface area contributed by atoms with Gasteiger partial charge in [0, 0.05) is 13.0 Å². The Hall–Kier alpha value is -0.120. The second-order valence-corrected chi connectivity index (χ2v) is 3.92. The van der Waals surface area contributed by atoms with E-state index in [2.05, 4.69) is 13.8 Å². The predicted molar refractivity (Wildman–Crippen MR) is 50.3 cm³/mol. The van der Waals surface area contributed by atoms with Crippen molar-refractivity contribution in [1.82, 2.24) is 0 Å². The molecule has 1 heterocycles. The minimum atomic E-state index is -0.0288. The fourth-order valence-electron chi connectivity index (χ4n) is 1.68. The van der Waals surface area contributed by atoms with Crippen LogP contribution in [0.5, 0.6) is 0 Å². The standard InChI is InChI=1S/C10H20O3/c1-8(2)9(3-4-11)7-10-12-5-6-13-10/h8-11H,3-7H2,1-2H3/t9-/m0/s1. The Kier molecular flexibility index (Phi) is 4.70. The van der Waals surface area contributed by atoms with Gasteiger partial charge in [-0.2, -0.15) is 0 Å². The number of aliphatic hydroxyl groups excluding tert-OH is 1. The largest absolute Gasteiger partial charge is 0.396 e. The third-order valence-electron chi connectivity index (χ3n) is 2.63. The molecule has 1 fully saturated rings. The molecule has 1 rings (SSSR count). The molecule has 78 valence electrons. The van der Waals surface area contributed by atoms with Crippen LogP contribution in [-0.4, -0.2) is 31.2 Å². The molecule has 1 N–H and O–H groups in total. The van der Waals surface area contributed by atoms with Crippen LogP contribution in [0.2, 0.25) is 0 Å². The fourth-order valence-corrected chi connectivity index (χ4v) is 1.68.